The smallest absolute Gasteiger partial charge is 0.304 e. The molecule has 1 fully saturated rings. The molecule has 0 saturated heterocycles. The molecule has 1 aliphatic carbocycles. The first kappa shape index (κ1) is 8.53. The average molecular weight is 157 g/mol. The standard InChI is InChI=1S/C8H15NO2/c1-9-7(5-8(10)11)6-3-2-4-6/h6-7,9H,2-5H2,1H3,(H,10,11). The van der Waals surface area contributed by atoms with Crippen LogP contribution in [-0.2, 0) is 4.79 Å². The van der Waals surface area contributed by atoms with Gasteiger partial charge in [0, 0.05) is 6.04 Å². The molecular weight excluding hydrogens is 142 g/mol. The van der Waals surface area contributed by atoms with Crippen molar-refractivity contribution in [3.8, 4) is 0 Å². The Morgan fingerprint density at radius 3 is 2.64 bits per heavy atom. The molecule has 1 unspecified atom stereocenters. The first-order chi connectivity index (χ1) is 5.24. The Bertz CT molecular complexity index is 143. The van der Waals surface area contributed by atoms with Gasteiger partial charge in [0.2, 0.25) is 0 Å². The Morgan fingerprint density at radius 1 is 1.73 bits per heavy atom. The topological polar surface area (TPSA) is 49.3 Å². The predicted molar refractivity (Wildman–Crippen MR) is 42.4 cm³/mol. The third-order valence-electron chi connectivity index (χ3n) is 2.48. The molecule has 11 heavy (non-hydrogen) atoms. The molecule has 0 bridgehead atoms. The van der Waals surface area contributed by atoms with E-state index in [2.05, 4.69) is 5.32 Å². The van der Waals surface area contributed by atoms with Crippen molar-refractivity contribution in [3.63, 3.8) is 0 Å². The van der Waals surface area contributed by atoms with Gasteiger partial charge in [0.05, 0.1) is 6.42 Å². The lowest BCUT2D eigenvalue weighted by molar-refractivity contribution is -0.138. The first-order valence-corrected chi connectivity index (χ1v) is 4.13. The molecule has 1 aliphatic rings. The van der Waals surface area contributed by atoms with Crippen molar-refractivity contribution in [1.82, 2.24) is 5.32 Å². The summed E-state index contributed by atoms with van der Waals surface area (Å²) in [4.78, 5) is 10.4. The summed E-state index contributed by atoms with van der Waals surface area (Å²) in [7, 11) is 1.84. The van der Waals surface area contributed by atoms with Gasteiger partial charge in [-0.15, -0.1) is 0 Å². The molecule has 0 radical (unpaired) electrons. The molecular formula is C8H15NO2. The largest absolute Gasteiger partial charge is 0.481 e. The SMILES string of the molecule is CNC(CC(=O)O)C1CCC1. The molecule has 1 rings (SSSR count). The number of carboxylic acid groups (broad SMARTS) is 1. The summed E-state index contributed by atoms with van der Waals surface area (Å²) >= 11 is 0. The minimum Gasteiger partial charge on any atom is -0.481 e. The van der Waals surface area contributed by atoms with Crippen LogP contribution in [0.1, 0.15) is 25.7 Å². The number of carboxylic acids is 1. The van der Waals surface area contributed by atoms with E-state index in [1.165, 1.54) is 19.3 Å². The molecule has 3 heteroatoms. The molecule has 64 valence electrons. The van der Waals surface area contributed by atoms with Crippen LogP contribution in [0.25, 0.3) is 0 Å². The highest BCUT2D eigenvalue weighted by Crippen LogP contribution is 2.30. The van der Waals surface area contributed by atoms with Crippen LogP contribution < -0.4 is 5.32 Å². The van der Waals surface area contributed by atoms with Gasteiger partial charge >= 0.3 is 5.97 Å². The van der Waals surface area contributed by atoms with Crippen molar-refractivity contribution in [1.29, 1.82) is 0 Å². The fourth-order valence-electron chi connectivity index (χ4n) is 1.53. The lowest BCUT2D eigenvalue weighted by Crippen LogP contribution is -2.38. The molecule has 0 aromatic heterocycles. The van der Waals surface area contributed by atoms with Gasteiger partial charge in [-0.25, -0.2) is 0 Å². The Hall–Kier alpha value is -0.570. The van der Waals surface area contributed by atoms with Crippen LogP contribution >= 0.6 is 0 Å². The number of nitrogens with one attached hydrogen (secondary N) is 1. The zero-order valence-corrected chi connectivity index (χ0v) is 6.84. The molecule has 2 N–H and O–H groups in total. The van der Waals surface area contributed by atoms with E-state index in [4.69, 9.17) is 5.11 Å². The molecule has 0 aliphatic heterocycles. The second-order valence-electron chi connectivity index (χ2n) is 3.18. The Morgan fingerprint density at radius 2 is 2.36 bits per heavy atom. The van der Waals surface area contributed by atoms with Crippen molar-refractivity contribution in [3.05, 3.63) is 0 Å². The van der Waals surface area contributed by atoms with Crippen LogP contribution in [-0.4, -0.2) is 24.2 Å². The van der Waals surface area contributed by atoms with Gasteiger partial charge in [-0.2, -0.15) is 0 Å². The number of rotatable bonds is 4. The van der Waals surface area contributed by atoms with E-state index in [0.717, 1.165) is 0 Å². The van der Waals surface area contributed by atoms with E-state index in [1.807, 2.05) is 7.05 Å². The van der Waals surface area contributed by atoms with Crippen LogP contribution in [0, 0.1) is 5.92 Å². The minimum absolute atomic E-state index is 0.196. The molecule has 3 nitrogen and oxygen atoms in total. The number of hydrogen-bond acceptors (Lipinski definition) is 2. The lowest BCUT2D eigenvalue weighted by Gasteiger charge is -2.32. The van der Waals surface area contributed by atoms with E-state index < -0.39 is 5.97 Å². The van der Waals surface area contributed by atoms with Crippen LogP contribution in [0.4, 0.5) is 0 Å². The van der Waals surface area contributed by atoms with Crippen molar-refractivity contribution >= 4 is 5.97 Å². The van der Waals surface area contributed by atoms with Crippen molar-refractivity contribution in [2.24, 2.45) is 5.92 Å². The second-order valence-corrected chi connectivity index (χ2v) is 3.18. The molecule has 1 atom stereocenters. The quantitative estimate of drug-likeness (QED) is 0.636. The summed E-state index contributed by atoms with van der Waals surface area (Å²) in [5.41, 5.74) is 0. The third kappa shape index (κ3) is 2.19. The second kappa shape index (κ2) is 3.72. The van der Waals surface area contributed by atoms with Crippen molar-refractivity contribution < 1.29 is 9.90 Å². The van der Waals surface area contributed by atoms with Crippen LogP contribution in [0.2, 0.25) is 0 Å². The number of hydrogen-bond donors (Lipinski definition) is 2. The molecule has 0 amide bonds. The fourth-order valence-corrected chi connectivity index (χ4v) is 1.53. The normalized spacial score (nSPS) is 20.8. The molecule has 0 heterocycles. The Kier molecular flexibility index (Phi) is 2.88. The van der Waals surface area contributed by atoms with Gasteiger partial charge in [-0.05, 0) is 25.8 Å². The van der Waals surface area contributed by atoms with Crippen LogP contribution in [0.3, 0.4) is 0 Å². The first-order valence-electron chi connectivity index (χ1n) is 4.13. The van der Waals surface area contributed by atoms with Gasteiger partial charge in [0.15, 0.2) is 0 Å². The van der Waals surface area contributed by atoms with Crippen molar-refractivity contribution in [2.75, 3.05) is 7.05 Å². The van der Waals surface area contributed by atoms with Gasteiger partial charge in [0.1, 0.15) is 0 Å². The summed E-state index contributed by atoms with van der Waals surface area (Å²) in [6.45, 7) is 0. The zero-order valence-electron chi connectivity index (χ0n) is 6.84. The summed E-state index contributed by atoms with van der Waals surface area (Å²) in [6, 6.07) is 0.196. The van der Waals surface area contributed by atoms with E-state index in [0.29, 0.717) is 5.92 Å². The predicted octanol–water partition coefficient (Wildman–Crippen LogP) is 0.849. The molecule has 0 aromatic rings. The van der Waals surface area contributed by atoms with Crippen LogP contribution in [0.15, 0.2) is 0 Å². The Balaban J connectivity index is 2.29. The van der Waals surface area contributed by atoms with E-state index in [1.54, 1.807) is 0 Å². The molecule has 0 aromatic carbocycles. The van der Waals surface area contributed by atoms with Crippen molar-refractivity contribution in [2.45, 2.75) is 31.7 Å². The minimum atomic E-state index is -0.698. The number of aliphatic carboxylic acids is 1. The average Bonchev–Trinajstić information content (AvgIpc) is 1.81. The zero-order chi connectivity index (χ0) is 8.27. The van der Waals surface area contributed by atoms with Gasteiger partial charge in [-0.1, -0.05) is 6.42 Å². The highest BCUT2D eigenvalue weighted by atomic mass is 16.4. The molecule has 0 spiro atoms. The lowest BCUT2D eigenvalue weighted by atomic mass is 9.78. The maximum atomic E-state index is 10.4. The highest BCUT2D eigenvalue weighted by molar-refractivity contribution is 5.67. The monoisotopic (exact) mass is 157 g/mol. The summed E-state index contributed by atoms with van der Waals surface area (Å²) in [5, 5.41) is 11.6. The van der Waals surface area contributed by atoms with Gasteiger partial charge < -0.3 is 10.4 Å². The molecule has 1 saturated carbocycles. The van der Waals surface area contributed by atoms with E-state index >= 15 is 0 Å². The summed E-state index contributed by atoms with van der Waals surface area (Å²) in [5.74, 6) is -0.0904. The summed E-state index contributed by atoms with van der Waals surface area (Å²) in [6.07, 6.45) is 3.92. The maximum absolute atomic E-state index is 10.4. The third-order valence-corrected chi connectivity index (χ3v) is 2.48. The van der Waals surface area contributed by atoms with Gasteiger partial charge in [0.25, 0.3) is 0 Å². The summed E-state index contributed by atoms with van der Waals surface area (Å²) < 4.78 is 0. The number of carbonyl (C=O) groups is 1. The Labute approximate surface area is 66.8 Å². The highest BCUT2D eigenvalue weighted by Gasteiger charge is 2.27. The fraction of sp³-hybridized carbons (Fsp3) is 0.875. The van der Waals surface area contributed by atoms with E-state index in [9.17, 15) is 4.79 Å². The van der Waals surface area contributed by atoms with Crippen LogP contribution in [0.5, 0.6) is 0 Å². The van der Waals surface area contributed by atoms with E-state index in [-0.39, 0.29) is 12.5 Å². The van der Waals surface area contributed by atoms with Gasteiger partial charge in [-0.3, -0.25) is 4.79 Å². The maximum Gasteiger partial charge on any atom is 0.304 e.